The summed E-state index contributed by atoms with van der Waals surface area (Å²) in [5, 5.41) is 2.53. The Balaban J connectivity index is 2.56. The maximum absolute atomic E-state index is 11.3. The van der Waals surface area contributed by atoms with Crippen LogP contribution in [0.5, 0.6) is 0 Å². The van der Waals surface area contributed by atoms with Crippen molar-refractivity contribution in [1.82, 2.24) is 5.32 Å². The molecule has 1 aromatic rings. The fraction of sp³-hybridized carbons (Fsp3) is 0.333. The highest BCUT2D eigenvalue weighted by Crippen LogP contribution is 2.01. The number of nitrogens with one attached hydrogen (secondary N) is 1. The second-order valence-corrected chi connectivity index (χ2v) is 3.66. The molecule has 0 spiro atoms. The molecule has 0 aromatic heterocycles. The van der Waals surface area contributed by atoms with Gasteiger partial charge in [-0.1, -0.05) is 30.3 Å². The van der Waals surface area contributed by atoms with E-state index in [9.17, 15) is 9.59 Å². The molecule has 0 aliphatic heterocycles. The number of hydrogen-bond acceptors (Lipinski definition) is 3. The lowest BCUT2D eigenvalue weighted by atomic mass is 10.1. The van der Waals surface area contributed by atoms with Gasteiger partial charge in [0.25, 0.3) is 0 Å². The molecule has 0 saturated carbocycles. The molecule has 0 aliphatic carbocycles. The standard InChI is InChI=1S/C12H15N2O2/c1-9(13)12(16)14-11(8-15)7-10-5-3-2-4-6-10/h2-6,9,11H,7,13H2,1H3,(H,14,16)/t9-,11-/m0/s1. The molecule has 1 rings (SSSR count). The summed E-state index contributed by atoms with van der Waals surface area (Å²) in [6, 6.07) is 8.18. The highest BCUT2D eigenvalue weighted by atomic mass is 16.2. The lowest BCUT2D eigenvalue weighted by Crippen LogP contribution is -2.45. The van der Waals surface area contributed by atoms with Gasteiger partial charge >= 0.3 is 0 Å². The first-order chi connectivity index (χ1) is 7.63. The molecule has 0 unspecified atom stereocenters. The fourth-order valence-electron chi connectivity index (χ4n) is 1.28. The van der Waals surface area contributed by atoms with E-state index in [1.54, 1.807) is 13.2 Å². The van der Waals surface area contributed by atoms with Crippen molar-refractivity contribution in [2.45, 2.75) is 25.4 Å². The Kier molecular flexibility index (Phi) is 4.66. The van der Waals surface area contributed by atoms with Crippen LogP contribution < -0.4 is 11.1 Å². The number of benzene rings is 1. The van der Waals surface area contributed by atoms with Crippen LogP contribution in [0.2, 0.25) is 0 Å². The smallest absolute Gasteiger partial charge is 0.237 e. The maximum atomic E-state index is 11.3. The zero-order valence-electron chi connectivity index (χ0n) is 9.14. The van der Waals surface area contributed by atoms with Gasteiger partial charge in [0.1, 0.15) is 0 Å². The number of amides is 1. The third kappa shape index (κ3) is 3.82. The van der Waals surface area contributed by atoms with E-state index in [1.807, 2.05) is 30.3 Å². The third-order valence-corrected chi connectivity index (χ3v) is 2.15. The largest absolute Gasteiger partial charge is 0.344 e. The number of rotatable bonds is 5. The summed E-state index contributed by atoms with van der Waals surface area (Å²) in [5.74, 6) is -0.343. The Morgan fingerprint density at radius 3 is 2.56 bits per heavy atom. The molecule has 0 aliphatic rings. The third-order valence-electron chi connectivity index (χ3n) is 2.15. The molecule has 3 N–H and O–H groups in total. The molecule has 1 radical (unpaired) electrons. The predicted octanol–water partition coefficient (Wildman–Crippen LogP) is 0.171. The van der Waals surface area contributed by atoms with Crippen LogP contribution in [-0.4, -0.2) is 24.3 Å². The van der Waals surface area contributed by atoms with Gasteiger partial charge in [-0.05, 0) is 12.5 Å². The van der Waals surface area contributed by atoms with Gasteiger partial charge in [-0.2, -0.15) is 0 Å². The number of carbonyl (C=O) groups is 1. The Morgan fingerprint density at radius 1 is 1.44 bits per heavy atom. The van der Waals surface area contributed by atoms with Crippen molar-refractivity contribution in [1.29, 1.82) is 0 Å². The van der Waals surface area contributed by atoms with Crippen molar-refractivity contribution in [3.63, 3.8) is 0 Å². The van der Waals surface area contributed by atoms with Gasteiger partial charge < -0.3 is 11.1 Å². The molecule has 0 heterocycles. The Bertz CT molecular complexity index is 349. The maximum Gasteiger partial charge on any atom is 0.237 e. The predicted molar refractivity (Wildman–Crippen MR) is 61.4 cm³/mol. The summed E-state index contributed by atoms with van der Waals surface area (Å²) in [5.41, 5.74) is 6.36. The molecular formula is C12H15N2O2. The minimum absolute atomic E-state index is 0.343. The van der Waals surface area contributed by atoms with Gasteiger partial charge in [-0.15, -0.1) is 0 Å². The lowest BCUT2D eigenvalue weighted by Gasteiger charge is -2.13. The van der Waals surface area contributed by atoms with Gasteiger partial charge in [-0.25, -0.2) is 0 Å². The van der Waals surface area contributed by atoms with Crippen molar-refractivity contribution in [2.24, 2.45) is 5.73 Å². The first-order valence-corrected chi connectivity index (χ1v) is 5.11. The monoisotopic (exact) mass is 219 g/mol. The van der Waals surface area contributed by atoms with Crippen LogP contribution in [-0.2, 0) is 16.0 Å². The van der Waals surface area contributed by atoms with Crippen molar-refractivity contribution in [2.75, 3.05) is 0 Å². The molecule has 4 heteroatoms. The highest BCUT2D eigenvalue weighted by molar-refractivity contribution is 5.83. The van der Waals surface area contributed by atoms with Crippen LogP contribution in [0.1, 0.15) is 12.5 Å². The van der Waals surface area contributed by atoms with Gasteiger partial charge in [-0.3, -0.25) is 9.59 Å². The highest BCUT2D eigenvalue weighted by Gasteiger charge is 2.15. The van der Waals surface area contributed by atoms with Crippen LogP contribution in [0, 0.1) is 0 Å². The van der Waals surface area contributed by atoms with Crippen LogP contribution in [0.25, 0.3) is 0 Å². The summed E-state index contributed by atoms with van der Waals surface area (Å²) in [4.78, 5) is 22.0. The molecule has 16 heavy (non-hydrogen) atoms. The molecule has 1 amide bonds. The first kappa shape index (κ1) is 12.4. The minimum Gasteiger partial charge on any atom is -0.344 e. The molecule has 2 atom stereocenters. The topological polar surface area (TPSA) is 72.2 Å². The van der Waals surface area contributed by atoms with Gasteiger partial charge in [0.15, 0.2) is 0 Å². The van der Waals surface area contributed by atoms with Crippen molar-refractivity contribution in [3.05, 3.63) is 35.9 Å². The number of nitrogens with two attached hydrogens (primary N) is 1. The van der Waals surface area contributed by atoms with Crippen LogP contribution >= 0.6 is 0 Å². The second kappa shape index (κ2) is 6.02. The van der Waals surface area contributed by atoms with E-state index in [4.69, 9.17) is 5.73 Å². The minimum atomic E-state index is -0.638. The Morgan fingerprint density at radius 2 is 2.06 bits per heavy atom. The molecular weight excluding hydrogens is 204 g/mol. The Labute approximate surface area is 94.8 Å². The van der Waals surface area contributed by atoms with Gasteiger partial charge in [0.05, 0.1) is 12.1 Å². The van der Waals surface area contributed by atoms with E-state index < -0.39 is 12.1 Å². The van der Waals surface area contributed by atoms with E-state index in [-0.39, 0.29) is 5.91 Å². The van der Waals surface area contributed by atoms with E-state index in [0.717, 1.165) is 5.56 Å². The quantitative estimate of drug-likeness (QED) is 0.741. The van der Waals surface area contributed by atoms with Gasteiger partial charge in [0.2, 0.25) is 12.2 Å². The molecule has 0 bridgehead atoms. The van der Waals surface area contributed by atoms with E-state index >= 15 is 0 Å². The van der Waals surface area contributed by atoms with Crippen LogP contribution in [0.4, 0.5) is 0 Å². The average Bonchev–Trinajstić information content (AvgIpc) is 2.29. The zero-order valence-corrected chi connectivity index (χ0v) is 9.14. The first-order valence-electron chi connectivity index (χ1n) is 5.11. The van der Waals surface area contributed by atoms with Gasteiger partial charge in [0, 0.05) is 6.42 Å². The van der Waals surface area contributed by atoms with Crippen molar-refractivity contribution < 1.29 is 9.59 Å². The summed E-state index contributed by atoms with van der Waals surface area (Å²) in [6.07, 6.45) is 2.23. The van der Waals surface area contributed by atoms with E-state index in [2.05, 4.69) is 5.32 Å². The fourth-order valence-corrected chi connectivity index (χ4v) is 1.28. The zero-order chi connectivity index (χ0) is 12.0. The van der Waals surface area contributed by atoms with Crippen molar-refractivity contribution in [3.8, 4) is 0 Å². The molecule has 85 valence electrons. The summed E-state index contributed by atoms with van der Waals surface area (Å²) in [7, 11) is 0. The lowest BCUT2D eigenvalue weighted by molar-refractivity contribution is -0.122. The molecule has 0 fully saturated rings. The molecule has 1 aromatic carbocycles. The van der Waals surface area contributed by atoms with Crippen molar-refractivity contribution >= 4 is 12.2 Å². The van der Waals surface area contributed by atoms with Crippen LogP contribution in [0.3, 0.4) is 0 Å². The molecule has 4 nitrogen and oxygen atoms in total. The Hall–Kier alpha value is -1.68. The second-order valence-electron chi connectivity index (χ2n) is 3.66. The average molecular weight is 219 g/mol. The van der Waals surface area contributed by atoms with E-state index in [0.29, 0.717) is 6.42 Å². The SMILES string of the molecule is C[C@H](N)C(=O)N[C@H]([C]=O)Cc1ccccc1. The summed E-state index contributed by atoms with van der Waals surface area (Å²) >= 11 is 0. The summed E-state index contributed by atoms with van der Waals surface area (Å²) in [6.45, 7) is 1.57. The van der Waals surface area contributed by atoms with E-state index in [1.165, 1.54) is 0 Å². The number of hydrogen-bond donors (Lipinski definition) is 2. The number of carbonyl (C=O) groups excluding carboxylic acids is 2. The summed E-state index contributed by atoms with van der Waals surface area (Å²) < 4.78 is 0. The molecule has 0 saturated heterocycles. The normalized spacial score (nSPS) is 13.9. The van der Waals surface area contributed by atoms with Crippen LogP contribution in [0.15, 0.2) is 30.3 Å².